The normalized spacial score (nSPS) is 10.4. The number of nitrogens with zero attached hydrogens (tertiary/aromatic N) is 4. The van der Waals surface area contributed by atoms with Crippen LogP contribution in [0.2, 0.25) is 0 Å². The van der Waals surface area contributed by atoms with E-state index in [9.17, 15) is 10.1 Å². The van der Waals surface area contributed by atoms with Crippen LogP contribution in [-0.2, 0) is 0 Å². The molecule has 1 aromatic heterocycles. The molecular weight excluding hydrogens is 385 g/mol. The first kappa shape index (κ1) is 20.4. The molecule has 0 amide bonds. The van der Waals surface area contributed by atoms with Gasteiger partial charge in [0.15, 0.2) is 5.03 Å². The molecule has 29 heavy (non-hydrogen) atoms. The smallest absolute Gasteiger partial charge is 0.322 e. The standard InChI is InChI=1S/C20H18BN5O2S/c1-11-8-15(21)9-12(2)18(11)29-19-17(26(27)28)13(3)23-20(25-19)24-16-6-4-14(10-22)5-7-16/h4-9H,21H2,1-3H3,(H,23,24,25). The van der Waals surface area contributed by atoms with Crippen LogP contribution < -0.4 is 10.8 Å². The Morgan fingerprint density at radius 2 is 1.76 bits per heavy atom. The molecule has 0 unspecified atom stereocenters. The number of aromatic nitrogens is 2. The Bertz CT molecular complexity index is 1120. The summed E-state index contributed by atoms with van der Waals surface area (Å²) in [5, 5.41) is 23.9. The quantitative estimate of drug-likeness (QED) is 0.302. The zero-order chi connectivity index (χ0) is 21.1. The molecule has 0 saturated carbocycles. The average molecular weight is 403 g/mol. The molecule has 0 bridgehead atoms. The second-order valence-corrected chi connectivity index (χ2v) is 7.69. The van der Waals surface area contributed by atoms with Gasteiger partial charge >= 0.3 is 5.69 Å². The van der Waals surface area contributed by atoms with Gasteiger partial charge in [-0.05, 0) is 56.2 Å². The number of nitro groups is 1. The molecule has 3 aromatic rings. The summed E-state index contributed by atoms with van der Waals surface area (Å²) in [4.78, 5) is 20.8. The lowest BCUT2D eigenvalue weighted by Gasteiger charge is -2.13. The van der Waals surface area contributed by atoms with Gasteiger partial charge in [-0.2, -0.15) is 10.2 Å². The summed E-state index contributed by atoms with van der Waals surface area (Å²) in [7, 11) is 2.02. The van der Waals surface area contributed by atoms with Gasteiger partial charge in [-0.1, -0.05) is 29.4 Å². The highest BCUT2D eigenvalue weighted by atomic mass is 32.2. The summed E-state index contributed by atoms with van der Waals surface area (Å²) < 4.78 is 0. The third-order valence-electron chi connectivity index (χ3n) is 4.28. The molecule has 1 heterocycles. The number of rotatable bonds is 5. The molecule has 3 rings (SSSR count). The maximum Gasteiger partial charge on any atom is 0.322 e. The van der Waals surface area contributed by atoms with Gasteiger partial charge in [-0.3, -0.25) is 10.1 Å². The van der Waals surface area contributed by atoms with E-state index in [-0.39, 0.29) is 22.4 Å². The Labute approximate surface area is 173 Å². The molecular formula is C20H18BN5O2S. The van der Waals surface area contributed by atoms with Crippen molar-refractivity contribution in [1.82, 2.24) is 9.97 Å². The molecule has 2 aromatic carbocycles. The number of hydrogen-bond acceptors (Lipinski definition) is 7. The van der Waals surface area contributed by atoms with Gasteiger partial charge in [0.2, 0.25) is 5.95 Å². The highest BCUT2D eigenvalue weighted by molar-refractivity contribution is 7.99. The Morgan fingerprint density at radius 3 is 2.31 bits per heavy atom. The van der Waals surface area contributed by atoms with Crippen molar-refractivity contribution in [3.05, 3.63) is 68.9 Å². The molecule has 9 heteroatoms. The zero-order valence-electron chi connectivity index (χ0n) is 16.5. The summed E-state index contributed by atoms with van der Waals surface area (Å²) in [6.45, 7) is 5.57. The van der Waals surface area contributed by atoms with Crippen molar-refractivity contribution in [2.75, 3.05) is 5.32 Å². The topological polar surface area (TPSA) is 105 Å². The second-order valence-electron chi connectivity index (χ2n) is 6.69. The van der Waals surface area contributed by atoms with Crippen LogP contribution in [0.15, 0.2) is 46.3 Å². The third kappa shape index (κ3) is 4.55. The van der Waals surface area contributed by atoms with E-state index in [1.54, 1.807) is 31.2 Å². The minimum absolute atomic E-state index is 0.0975. The fraction of sp³-hybridized carbons (Fsp3) is 0.150. The predicted molar refractivity (Wildman–Crippen MR) is 116 cm³/mol. The second kappa shape index (κ2) is 8.33. The molecule has 0 saturated heterocycles. The van der Waals surface area contributed by atoms with E-state index in [0.29, 0.717) is 11.3 Å². The lowest BCUT2D eigenvalue weighted by Crippen LogP contribution is -2.07. The molecule has 0 radical (unpaired) electrons. The van der Waals surface area contributed by atoms with Crippen molar-refractivity contribution in [2.45, 2.75) is 30.7 Å². The van der Waals surface area contributed by atoms with E-state index in [2.05, 4.69) is 21.4 Å². The van der Waals surface area contributed by atoms with Gasteiger partial charge in [0.25, 0.3) is 0 Å². The van der Waals surface area contributed by atoms with Crippen LogP contribution in [0.25, 0.3) is 0 Å². The monoisotopic (exact) mass is 403 g/mol. The zero-order valence-corrected chi connectivity index (χ0v) is 17.3. The van der Waals surface area contributed by atoms with E-state index in [1.807, 2.05) is 33.8 Å². The third-order valence-corrected chi connectivity index (χ3v) is 5.61. The summed E-state index contributed by atoms with van der Waals surface area (Å²) in [5.41, 5.74) is 4.64. The summed E-state index contributed by atoms with van der Waals surface area (Å²) in [6.07, 6.45) is 0. The number of nitriles is 1. The molecule has 1 N–H and O–H groups in total. The summed E-state index contributed by atoms with van der Waals surface area (Å²) in [6, 6.07) is 13.0. The molecule has 144 valence electrons. The fourth-order valence-corrected chi connectivity index (χ4v) is 4.14. The molecule has 7 nitrogen and oxygen atoms in total. The summed E-state index contributed by atoms with van der Waals surface area (Å²) in [5.74, 6) is 0.266. The Kier molecular flexibility index (Phi) is 5.85. The molecule has 0 fully saturated rings. The highest BCUT2D eigenvalue weighted by Crippen LogP contribution is 2.38. The first-order valence-electron chi connectivity index (χ1n) is 8.84. The van der Waals surface area contributed by atoms with Crippen LogP contribution in [0.5, 0.6) is 0 Å². The Morgan fingerprint density at radius 1 is 1.14 bits per heavy atom. The van der Waals surface area contributed by atoms with E-state index in [4.69, 9.17) is 5.26 Å². The Balaban J connectivity index is 2.03. The van der Waals surface area contributed by atoms with E-state index in [0.717, 1.165) is 21.5 Å². The van der Waals surface area contributed by atoms with Gasteiger partial charge in [-0.25, -0.2) is 4.98 Å². The number of nitrogens with one attached hydrogen (secondary N) is 1. The van der Waals surface area contributed by atoms with Gasteiger partial charge in [0.05, 0.1) is 16.6 Å². The van der Waals surface area contributed by atoms with Crippen molar-refractivity contribution in [3.63, 3.8) is 0 Å². The highest BCUT2D eigenvalue weighted by Gasteiger charge is 2.24. The van der Waals surface area contributed by atoms with Crippen LogP contribution in [-0.4, -0.2) is 22.7 Å². The van der Waals surface area contributed by atoms with Gasteiger partial charge in [-0.15, -0.1) is 0 Å². The van der Waals surface area contributed by atoms with Crippen LogP contribution >= 0.6 is 11.8 Å². The minimum atomic E-state index is -0.442. The SMILES string of the molecule is Bc1cc(C)c(Sc2nc(Nc3ccc(C#N)cc3)nc(C)c2[N+](=O)[O-])c(C)c1. The molecule has 0 atom stereocenters. The molecule has 0 aliphatic heterocycles. The lowest BCUT2D eigenvalue weighted by atomic mass is 9.93. The van der Waals surface area contributed by atoms with Gasteiger partial charge in [0, 0.05) is 10.6 Å². The van der Waals surface area contributed by atoms with E-state index < -0.39 is 4.92 Å². The van der Waals surface area contributed by atoms with Crippen molar-refractivity contribution in [2.24, 2.45) is 0 Å². The predicted octanol–water partition coefficient (Wildman–Crippen LogP) is 3.33. The molecule has 0 aliphatic rings. The van der Waals surface area contributed by atoms with Gasteiger partial charge < -0.3 is 5.32 Å². The van der Waals surface area contributed by atoms with E-state index in [1.165, 1.54) is 11.8 Å². The molecule has 0 aliphatic carbocycles. The number of aryl methyl sites for hydroxylation is 3. The molecule has 0 spiro atoms. The van der Waals surface area contributed by atoms with E-state index >= 15 is 0 Å². The van der Waals surface area contributed by atoms with Crippen LogP contribution in [0.4, 0.5) is 17.3 Å². The minimum Gasteiger partial charge on any atom is -0.324 e. The van der Waals surface area contributed by atoms with Crippen LogP contribution in [0.1, 0.15) is 22.4 Å². The maximum atomic E-state index is 11.7. The maximum absolute atomic E-state index is 11.7. The van der Waals surface area contributed by atoms with Gasteiger partial charge in [0.1, 0.15) is 13.5 Å². The largest absolute Gasteiger partial charge is 0.324 e. The van der Waals surface area contributed by atoms with Crippen LogP contribution in [0, 0.1) is 42.2 Å². The number of hydrogen-bond donors (Lipinski definition) is 1. The average Bonchev–Trinajstić information content (AvgIpc) is 2.64. The van der Waals surface area contributed by atoms with Crippen molar-refractivity contribution < 1.29 is 4.92 Å². The number of anilines is 2. The number of benzene rings is 2. The first-order chi connectivity index (χ1) is 13.8. The Hall–Kier alpha value is -3.38. The fourth-order valence-electron chi connectivity index (χ4n) is 3.06. The first-order valence-corrected chi connectivity index (χ1v) is 9.66. The van der Waals surface area contributed by atoms with Crippen molar-refractivity contribution >= 4 is 42.4 Å². The van der Waals surface area contributed by atoms with Crippen molar-refractivity contribution in [1.29, 1.82) is 5.26 Å². The summed E-state index contributed by atoms with van der Waals surface area (Å²) >= 11 is 1.27. The van der Waals surface area contributed by atoms with Crippen molar-refractivity contribution in [3.8, 4) is 6.07 Å². The lowest BCUT2D eigenvalue weighted by molar-refractivity contribution is -0.389. The van der Waals surface area contributed by atoms with Crippen LogP contribution in [0.3, 0.4) is 0 Å².